The van der Waals surface area contributed by atoms with E-state index in [1.807, 2.05) is 24.3 Å². The average Bonchev–Trinajstić information content (AvgIpc) is 2.36. The fourth-order valence-corrected chi connectivity index (χ4v) is 1.99. The monoisotopic (exact) mass is 286 g/mol. The molecule has 0 radical (unpaired) electrons. The van der Waals surface area contributed by atoms with E-state index in [1.165, 1.54) is 0 Å². The Labute approximate surface area is 115 Å². The molecule has 19 heavy (non-hydrogen) atoms. The zero-order chi connectivity index (χ0) is 14.1. The highest BCUT2D eigenvalue weighted by Gasteiger charge is 2.01. The molecule has 108 valence electrons. The molecule has 1 aromatic carbocycles. The third-order valence-electron chi connectivity index (χ3n) is 2.60. The number of aryl methyl sites for hydroxylation is 1. The first-order chi connectivity index (χ1) is 9.01. The SMILES string of the molecule is CCCCOc1ccc(CCCOS(C)(=O)=O)cc1. The van der Waals surface area contributed by atoms with Crippen LogP contribution in [0.4, 0.5) is 0 Å². The highest BCUT2D eigenvalue weighted by molar-refractivity contribution is 7.85. The Morgan fingerprint density at radius 1 is 1.05 bits per heavy atom. The molecule has 4 nitrogen and oxygen atoms in total. The van der Waals surface area contributed by atoms with Gasteiger partial charge < -0.3 is 4.74 Å². The number of hydrogen-bond donors (Lipinski definition) is 0. The fourth-order valence-electron chi connectivity index (χ4n) is 1.57. The standard InChI is InChI=1S/C14H22O4S/c1-3-4-11-17-14-9-7-13(8-10-14)6-5-12-18-19(2,15)16/h7-10H,3-6,11-12H2,1-2H3. The van der Waals surface area contributed by atoms with Crippen molar-refractivity contribution in [1.82, 2.24) is 0 Å². The first-order valence-corrected chi connectivity index (χ1v) is 8.39. The molecule has 0 amide bonds. The van der Waals surface area contributed by atoms with Gasteiger partial charge in [0.1, 0.15) is 5.75 Å². The highest BCUT2D eigenvalue weighted by Crippen LogP contribution is 2.14. The quantitative estimate of drug-likeness (QED) is 0.517. The number of benzene rings is 1. The smallest absolute Gasteiger partial charge is 0.264 e. The van der Waals surface area contributed by atoms with Gasteiger partial charge in [0.15, 0.2) is 0 Å². The Kier molecular flexibility index (Phi) is 6.87. The lowest BCUT2D eigenvalue weighted by molar-refractivity contribution is 0.309. The number of hydrogen-bond acceptors (Lipinski definition) is 4. The second kappa shape index (κ2) is 8.17. The molecule has 0 aromatic heterocycles. The van der Waals surface area contributed by atoms with Crippen LogP contribution in [-0.2, 0) is 20.7 Å². The molecule has 0 N–H and O–H groups in total. The van der Waals surface area contributed by atoms with Crippen LogP contribution in [0.2, 0.25) is 0 Å². The maximum Gasteiger partial charge on any atom is 0.264 e. The Hall–Kier alpha value is -1.07. The molecule has 0 fully saturated rings. The molecule has 0 aliphatic carbocycles. The van der Waals surface area contributed by atoms with Gasteiger partial charge in [-0.05, 0) is 37.0 Å². The second-order valence-corrected chi connectivity index (χ2v) is 6.12. The molecule has 0 saturated carbocycles. The summed E-state index contributed by atoms with van der Waals surface area (Å²) in [6.07, 6.45) is 4.73. The molecule has 5 heteroatoms. The lowest BCUT2D eigenvalue weighted by atomic mass is 10.1. The van der Waals surface area contributed by atoms with Gasteiger partial charge >= 0.3 is 0 Å². The Bertz CT molecular complexity index is 451. The van der Waals surface area contributed by atoms with Crippen LogP contribution in [-0.4, -0.2) is 27.9 Å². The van der Waals surface area contributed by atoms with Crippen molar-refractivity contribution in [2.75, 3.05) is 19.5 Å². The van der Waals surface area contributed by atoms with E-state index in [2.05, 4.69) is 11.1 Å². The van der Waals surface area contributed by atoms with Gasteiger partial charge in [-0.15, -0.1) is 0 Å². The molecular formula is C14H22O4S. The van der Waals surface area contributed by atoms with Gasteiger partial charge in [-0.2, -0.15) is 8.42 Å². The Balaban J connectivity index is 2.28. The number of ether oxygens (including phenoxy) is 1. The first-order valence-electron chi connectivity index (χ1n) is 6.57. The molecule has 1 rings (SSSR count). The van der Waals surface area contributed by atoms with Gasteiger partial charge in [0, 0.05) is 0 Å². The maximum absolute atomic E-state index is 10.8. The first kappa shape index (κ1) is 16.0. The molecule has 0 spiro atoms. The summed E-state index contributed by atoms with van der Waals surface area (Å²) in [7, 11) is -3.32. The predicted molar refractivity (Wildman–Crippen MR) is 76.0 cm³/mol. The minimum Gasteiger partial charge on any atom is -0.494 e. The van der Waals surface area contributed by atoms with E-state index in [9.17, 15) is 8.42 Å². The minimum atomic E-state index is -3.32. The van der Waals surface area contributed by atoms with Gasteiger partial charge in [-0.1, -0.05) is 25.5 Å². The summed E-state index contributed by atoms with van der Waals surface area (Å²) in [6, 6.07) is 7.90. The fraction of sp³-hybridized carbons (Fsp3) is 0.571. The van der Waals surface area contributed by atoms with E-state index in [0.717, 1.165) is 43.4 Å². The molecule has 1 aromatic rings. The summed E-state index contributed by atoms with van der Waals surface area (Å²) >= 11 is 0. The lowest BCUT2D eigenvalue weighted by Gasteiger charge is -2.06. The average molecular weight is 286 g/mol. The van der Waals surface area contributed by atoms with Crippen molar-refractivity contribution in [1.29, 1.82) is 0 Å². The summed E-state index contributed by atoms with van der Waals surface area (Å²) in [5.41, 5.74) is 1.15. The van der Waals surface area contributed by atoms with E-state index < -0.39 is 10.1 Å². The van der Waals surface area contributed by atoms with Crippen LogP contribution in [0.25, 0.3) is 0 Å². The van der Waals surface area contributed by atoms with E-state index in [4.69, 9.17) is 4.74 Å². The topological polar surface area (TPSA) is 52.6 Å². The number of rotatable bonds is 9. The third-order valence-corrected chi connectivity index (χ3v) is 3.19. The van der Waals surface area contributed by atoms with Gasteiger partial charge in [0.25, 0.3) is 10.1 Å². The van der Waals surface area contributed by atoms with Crippen molar-refractivity contribution in [3.63, 3.8) is 0 Å². The van der Waals surface area contributed by atoms with E-state index >= 15 is 0 Å². The largest absolute Gasteiger partial charge is 0.494 e. The normalized spacial score (nSPS) is 11.5. The number of unbranched alkanes of at least 4 members (excludes halogenated alkanes) is 1. The van der Waals surface area contributed by atoms with Crippen molar-refractivity contribution in [3.8, 4) is 5.75 Å². The molecule has 0 atom stereocenters. The molecule has 0 saturated heterocycles. The van der Waals surface area contributed by atoms with Crippen LogP contribution in [0.3, 0.4) is 0 Å². The van der Waals surface area contributed by atoms with E-state index in [-0.39, 0.29) is 6.61 Å². The van der Waals surface area contributed by atoms with Gasteiger partial charge in [-0.3, -0.25) is 4.18 Å². The molecule has 0 aliphatic rings. The van der Waals surface area contributed by atoms with Gasteiger partial charge in [-0.25, -0.2) is 0 Å². The molecule has 0 aliphatic heterocycles. The van der Waals surface area contributed by atoms with Crippen molar-refractivity contribution < 1.29 is 17.3 Å². The van der Waals surface area contributed by atoms with Crippen LogP contribution in [0, 0.1) is 0 Å². The van der Waals surface area contributed by atoms with Crippen molar-refractivity contribution >= 4 is 10.1 Å². The third kappa shape index (κ3) is 7.85. The van der Waals surface area contributed by atoms with Crippen LogP contribution >= 0.6 is 0 Å². The van der Waals surface area contributed by atoms with Crippen molar-refractivity contribution in [3.05, 3.63) is 29.8 Å². The molecular weight excluding hydrogens is 264 g/mol. The van der Waals surface area contributed by atoms with Crippen LogP contribution < -0.4 is 4.74 Å². The Morgan fingerprint density at radius 2 is 1.74 bits per heavy atom. The lowest BCUT2D eigenvalue weighted by Crippen LogP contribution is -2.04. The second-order valence-electron chi connectivity index (χ2n) is 4.48. The summed E-state index contributed by atoms with van der Waals surface area (Å²) in [5.74, 6) is 0.879. The zero-order valence-electron chi connectivity index (χ0n) is 11.6. The van der Waals surface area contributed by atoms with Crippen LogP contribution in [0.1, 0.15) is 31.7 Å². The molecule has 0 unspecified atom stereocenters. The van der Waals surface area contributed by atoms with Crippen molar-refractivity contribution in [2.45, 2.75) is 32.6 Å². The maximum atomic E-state index is 10.8. The van der Waals surface area contributed by atoms with E-state index in [0.29, 0.717) is 6.42 Å². The summed E-state index contributed by atoms with van der Waals surface area (Å²) in [6.45, 7) is 3.11. The van der Waals surface area contributed by atoms with Gasteiger partial charge in [0.2, 0.25) is 0 Å². The molecule has 0 heterocycles. The Morgan fingerprint density at radius 3 is 2.32 bits per heavy atom. The molecule has 0 bridgehead atoms. The minimum absolute atomic E-state index is 0.230. The summed E-state index contributed by atoms with van der Waals surface area (Å²) < 4.78 is 31.8. The van der Waals surface area contributed by atoms with Crippen molar-refractivity contribution in [2.24, 2.45) is 0 Å². The summed E-state index contributed by atoms with van der Waals surface area (Å²) in [5, 5.41) is 0. The van der Waals surface area contributed by atoms with Gasteiger partial charge in [0.05, 0.1) is 19.5 Å². The summed E-state index contributed by atoms with van der Waals surface area (Å²) in [4.78, 5) is 0. The zero-order valence-corrected chi connectivity index (χ0v) is 12.4. The van der Waals surface area contributed by atoms with Crippen LogP contribution in [0.15, 0.2) is 24.3 Å². The highest BCUT2D eigenvalue weighted by atomic mass is 32.2. The predicted octanol–water partition coefficient (Wildman–Crippen LogP) is 2.77. The van der Waals surface area contributed by atoms with E-state index in [1.54, 1.807) is 0 Å². The van der Waals surface area contributed by atoms with Crippen LogP contribution in [0.5, 0.6) is 5.75 Å².